The van der Waals surface area contributed by atoms with Crippen molar-refractivity contribution in [2.75, 3.05) is 13.6 Å². The molecule has 0 atom stereocenters. The van der Waals surface area contributed by atoms with E-state index in [1.165, 1.54) is 72.8 Å². The molecule has 0 unspecified atom stereocenters. The summed E-state index contributed by atoms with van der Waals surface area (Å²) in [4.78, 5) is 69.9. The maximum Gasteiger partial charge on any atom is 0.516 e. The van der Waals surface area contributed by atoms with E-state index in [2.05, 4.69) is 32.1 Å². The van der Waals surface area contributed by atoms with Crippen molar-refractivity contribution in [2.24, 2.45) is 0 Å². The third-order valence-electron chi connectivity index (χ3n) is 4.92. The summed E-state index contributed by atoms with van der Waals surface area (Å²) in [7, 11) is 0. The largest absolute Gasteiger partial charge is 0.516 e. The number of ether oxygens (including phenoxy) is 8. The van der Waals surface area contributed by atoms with E-state index in [1.54, 1.807) is 0 Å². The molecule has 0 spiro atoms. The first-order valence-electron chi connectivity index (χ1n) is 12.2. The minimum atomic E-state index is -1.13. The Balaban J connectivity index is 1.45. The van der Waals surface area contributed by atoms with Gasteiger partial charge in [0, 0.05) is 12.2 Å². The van der Waals surface area contributed by atoms with Gasteiger partial charge in [-0.3, -0.25) is 0 Å². The summed E-state index contributed by atoms with van der Waals surface area (Å²) < 4.78 is 38.5. The minimum Gasteiger partial charge on any atom is -0.425 e. The molecule has 0 bridgehead atoms. The number of hydrogen-bond donors (Lipinski definition) is 0. The summed E-state index contributed by atoms with van der Waals surface area (Å²) in [5.74, 6) is -2.57. The number of benzene rings is 3. The first-order chi connectivity index (χ1) is 21.2. The first-order valence-corrected chi connectivity index (χ1v) is 12.2. The zero-order valence-corrected chi connectivity index (χ0v) is 22.6. The molecule has 0 heterocycles. The minimum absolute atomic E-state index is 0.0567. The Kier molecular flexibility index (Phi) is 11.7. The van der Waals surface area contributed by atoms with Crippen LogP contribution in [0.3, 0.4) is 0 Å². The second-order valence-electron chi connectivity index (χ2n) is 7.86. The summed E-state index contributed by atoms with van der Waals surface area (Å²) in [5.41, 5.74) is 0.274. The molecule has 3 aromatic rings. The normalized spacial score (nSPS) is 9.82. The highest BCUT2D eigenvalue weighted by Gasteiger charge is 2.14. The van der Waals surface area contributed by atoms with Crippen LogP contribution in [0.2, 0.25) is 0 Å². The summed E-state index contributed by atoms with van der Waals surface area (Å²) in [6, 6.07) is 16.3. The van der Waals surface area contributed by atoms with Crippen LogP contribution < -0.4 is 18.9 Å². The lowest BCUT2D eigenvalue weighted by Crippen LogP contribution is -2.15. The molecule has 0 amide bonds. The van der Waals surface area contributed by atoms with Crippen LogP contribution in [0.4, 0.5) is 9.59 Å². The first kappa shape index (κ1) is 32.1. The van der Waals surface area contributed by atoms with Crippen molar-refractivity contribution >= 4 is 36.2 Å². The number of rotatable bonds is 12. The van der Waals surface area contributed by atoms with Gasteiger partial charge in [-0.2, -0.15) is 0 Å². The molecule has 226 valence electrons. The van der Waals surface area contributed by atoms with Crippen molar-refractivity contribution in [1.82, 2.24) is 0 Å². The number of esters is 4. The molecule has 0 radical (unpaired) electrons. The highest BCUT2D eigenvalue weighted by molar-refractivity contribution is 5.92. The Bertz CT molecular complexity index is 1410. The molecule has 0 saturated carbocycles. The Hall–Kier alpha value is -6.44. The van der Waals surface area contributed by atoms with Crippen LogP contribution in [-0.2, 0) is 28.5 Å². The zero-order chi connectivity index (χ0) is 31.9. The van der Waals surface area contributed by atoms with E-state index in [0.717, 1.165) is 12.2 Å². The van der Waals surface area contributed by atoms with Gasteiger partial charge in [-0.1, -0.05) is 13.2 Å². The van der Waals surface area contributed by atoms with Crippen LogP contribution in [0.25, 0.3) is 0 Å². The van der Waals surface area contributed by atoms with Gasteiger partial charge in [-0.25, -0.2) is 28.8 Å². The maximum atomic E-state index is 12.5. The molecule has 14 nitrogen and oxygen atoms in total. The highest BCUT2D eigenvalue weighted by Crippen LogP contribution is 2.21. The predicted molar refractivity (Wildman–Crippen MR) is 146 cm³/mol. The predicted octanol–water partition coefficient (Wildman–Crippen LogP) is 4.53. The Morgan fingerprint density at radius 3 is 1.07 bits per heavy atom. The lowest BCUT2D eigenvalue weighted by Gasteiger charge is -2.08. The topological polar surface area (TPSA) is 176 Å². The van der Waals surface area contributed by atoms with Gasteiger partial charge in [0.05, 0.1) is 11.1 Å². The molecule has 44 heavy (non-hydrogen) atoms. The van der Waals surface area contributed by atoms with Crippen molar-refractivity contribution in [2.45, 2.75) is 0 Å². The van der Waals surface area contributed by atoms with Gasteiger partial charge in [0.15, 0.2) is 0 Å². The van der Waals surface area contributed by atoms with Crippen LogP contribution in [0.1, 0.15) is 20.7 Å². The maximum absolute atomic E-state index is 12.5. The van der Waals surface area contributed by atoms with Gasteiger partial charge in [0.2, 0.25) is 13.6 Å². The third-order valence-corrected chi connectivity index (χ3v) is 4.92. The van der Waals surface area contributed by atoms with Gasteiger partial charge in [0.25, 0.3) is 0 Å². The molecule has 0 N–H and O–H groups in total. The summed E-state index contributed by atoms with van der Waals surface area (Å²) in [6.07, 6.45) is -0.463. The fraction of sp³-hybridized carbons (Fsp3) is 0.0667. The molecular formula is C30H22O14. The molecule has 0 aliphatic carbocycles. The Morgan fingerprint density at radius 1 is 0.455 bits per heavy atom. The van der Waals surface area contributed by atoms with Gasteiger partial charge in [-0.05, 0) is 72.8 Å². The molecule has 0 aliphatic rings. The van der Waals surface area contributed by atoms with E-state index in [9.17, 15) is 28.8 Å². The number of carbonyl (C=O) groups is 6. The quantitative estimate of drug-likeness (QED) is 0.0923. The van der Waals surface area contributed by atoms with Crippen molar-refractivity contribution in [3.8, 4) is 23.0 Å². The fourth-order valence-corrected chi connectivity index (χ4v) is 2.87. The van der Waals surface area contributed by atoms with Crippen LogP contribution >= 0.6 is 0 Å². The van der Waals surface area contributed by atoms with Gasteiger partial charge in [-0.15, -0.1) is 0 Å². The molecule has 0 aliphatic heterocycles. The monoisotopic (exact) mass is 606 g/mol. The molecular weight excluding hydrogens is 584 g/mol. The molecule has 3 aromatic carbocycles. The van der Waals surface area contributed by atoms with Crippen molar-refractivity contribution in [3.05, 3.63) is 109 Å². The average molecular weight is 606 g/mol. The van der Waals surface area contributed by atoms with Crippen molar-refractivity contribution in [1.29, 1.82) is 0 Å². The second-order valence-corrected chi connectivity index (χ2v) is 7.86. The van der Waals surface area contributed by atoms with E-state index in [1.807, 2.05) is 0 Å². The Morgan fingerprint density at radius 2 is 0.750 bits per heavy atom. The van der Waals surface area contributed by atoms with Gasteiger partial charge < -0.3 is 37.9 Å². The lowest BCUT2D eigenvalue weighted by atomic mass is 10.2. The fourth-order valence-electron chi connectivity index (χ4n) is 2.87. The van der Waals surface area contributed by atoms with E-state index in [0.29, 0.717) is 0 Å². The number of hydrogen-bond acceptors (Lipinski definition) is 14. The van der Waals surface area contributed by atoms with E-state index in [4.69, 9.17) is 18.9 Å². The summed E-state index contributed by atoms with van der Waals surface area (Å²) in [6.45, 7) is 5.07. The molecule has 3 rings (SSSR count). The highest BCUT2D eigenvalue weighted by atomic mass is 16.8. The van der Waals surface area contributed by atoms with Crippen LogP contribution in [0, 0.1) is 0 Å². The van der Waals surface area contributed by atoms with Crippen LogP contribution in [0.5, 0.6) is 23.0 Å². The SMILES string of the molecule is C=CC(=O)OCOC(=O)Oc1ccc(C(=O)Oc2ccc(OC(=O)c3ccc(OC(=O)OCOC(=O)C=C)cc3)cc2)cc1. The zero-order valence-electron chi connectivity index (χ0n) is 22.6. The summed E-state index contributed by atoms with van der Waals surface area (Å²) in [5, 5.41) is 0. The van der Waals surface area contributed by atoms with E-state index in [-0.39, 0.29) is 34.1 Å². The Labute approximate surface area is 248 Å². The molecule has 14 heteroatoms. The van der Waals surface area contributed by atoms with Crippen molar-refractivity contribution in [3.63, 3.8) is 0 Å². The van der Waals surface area contributed by atoms with E-state index < -0.39 is 49.8 Å². The smallest absolute Gasteiger partial charge is 0.425 e. The third kappa shape index (κ3) is 10.5. The standard InChI is InChI=1S/C30H22O14/c1-3-25(31)37-17-39-29(35)43-23-9-5-19(6-10-23)27(33)41-21-13-15-22(16-14-21)42-28(34)20-7-11-24(12-8-20)44-30(36)40-18-38-26(32)4-2/h3-16H,1-2,17-18H2. The average Bonchev–Trinajstić information content (AvgIpc) is 3.02. The molecule has 0 saturated heterocycles. The second kappa shape index (κ2) is 16.1. The van der Waals surface area contributed by atoms with Gasteiger partial charge in [0.1, 0.15) is 23.0 Å². The van der Waals surface area contributed by atoms with Gasteiger partial charge >= 0.3 is 36.2 Å². The van der Waals surface area contributed by atoms with E-state index >= 15 is 0 Å². The van der Waals surface area contributed by atoms with Crippen molar-refractivity contribution < 1.29 is 66.7 Å². The van der Waals surface area contributed by atoms with Crippen LogP contribution in [-0.4, -0.2) is 49.8 Å². The molecule has 0 aromatic heterocycles. The van der Waals surface area contributed by atoms with Crippen LogP contribution in [0.15, 0.2) is 98.1 Å². The number of carbonyl (C=O) groups excluding carboxylic acids is 6. The summed E-state index contributed by atoms with van der Waals surface area (Å²) >= 11 is 0. The molecule has 0 fully saturated rings. The lowest BCUT2D eigenvalue weighted by molar-refractivity contribution is -0.147.